The fourth-order valence-corrected chi connectivity index (χ4v) is 1.56. The van der Waals surface area contributed by atoms with Gasteiger partial charge in [-0.3, -0.25) is 0 Å². The van der Waals surface area contributed by atoms with E-state index in [-0.39, 0.29) is 16.0 Å². The van der Waals surface area contributed by atoms with E-state index in [9.17, 15) is 8.78 Å². The van der Waals surface area contributed by atoms with Crippen LogP contribution in [0.5, 0.6) is 0 Å². The molecule has 2 rings (SSSR count). The lowest BCUT2D eigenvalue weighted by Crippen LogP contribution is -1.95. The Labute approximate surface area is 96.0 Å². The monoisotopic (exact) mass is 238 g/mol. The van der Waals surface area contributed by atoms with Crippen LogP contribution < -0.4 is 0 Å². The average Bonchev–Trinajstić information content (AvgIpc) is 2.25. The third-order valence-corrected chi connectivity index (χ3v) is 2.36. The Morgan fingerprint density at radius 3 is 2.75 bits per heavy atom. The molecule has 2 aromatic rings. The summed E-state index contributed by atoms with van der Waals surface area (Å²) in [6, 6.07) is 4.47. The van der Waals surface area contributed by atoms with E-state index in [0.717, 1.165) is 11.8 Å². The quantitative estimate of drug-likeness (QED) is 0.771. The highest BCUT2D eigenvalue weighted by molar-refractivity contribution is 7.71. The van der Waals surface area contributed by atoms with E-state index in [0.29, 0.717) is 0 Å². The molecule has 16 heavy (non-hydrogen) atoms. The van der Waals surface area contributed by atoms with Gasteiger partial charge in [0.05, 0.1) is 11.9 Å². The predicted molar refractivity (Wildman–Crippen MR) is 59.5 cm³/mol. The van der Waals surface area contributed by atoms with Crippen LogP contribution >= 0.6 is 12.2 Å². The number of aryl methyl sites for hydroxylation is 1. The number of halogens is 2. The molecule has 1 N–H and O–H groups in total. The summed E-state index contributed by atoms with van der Waals surface area (Å²) in [6.45, 7) is 1.80. The third-order valence-electron chi connectivity index (χ3n) is 2.16. The van der Waals surface area contributed by atoms with Gasteiger partial charge in [0.1, 0.15) is 5.82 Å². The molecular formula is C11H8F2N2S. The zero-order chi connectivity index (χ0) is 11.7. The summed E-state index contributed by atoms with van der Waals surface area (Å²) < 4.78 is 27.1. The summed E-state index contributed by atoms with van der Waals surface area (Å²) in [7, 11) is 0. The van der Waals surface area contributed by atoms with Crippen LogP contribution in [0.1, 0.15) is 5.56 Å². The molecule has 0 aliphatic carbocycles. The molecule has 82 valence electrons. The molecule has 1 aromatic heterocycles. The minimum atomic E-state index is -0.627. The SMILES string of the molecule is Cc1ccc(F)c(-c2[nH]c(=S)ncc2F)c1. The molecule has 0 bridgehead atoms. The van der Waals surface area contributed by atoms with Crippen molar-refractivity contribution in [2.75, 3.05) is 0 Å². The topological polar surface area (TPSA) is 28.7 Å². The Morgan fingerprint density at radius 2 is 2.00 bits per heavy atom. The Balaban J connectivity index is 2.71. The number of aromatic amines is 1. The van der Waals surface area contributed by atoms with Crippen molar-refractivity contribution in [3.05, 3.63) is 46.4 Å². The van der Waals surface area contributed by atoms with Crippen molar-refractivity contribution in [2.24, 2.45) is 0 Å². The first-order chi connectivity index (χ1) is 7.58. The Morgan fingerprint density at radius 1 is 1.25 bits per heavy atom. The molecule has 0 amide bonds. The van der Waals surface area contributed by atoms with Crippen LogP contribution in [0, 0.1) is 23.3 Å². The molecule has 0 aliphatic rings. The highest BCUT2D eigenvalue weighted by Crippen LogP contribution is 2.23. The molecule has 0 saturated heterocycles. The number of rotatable bonds is 1. The van der Waals surface area contributed by atoms with Gasteiger partial charge in [-0.1, -0.05) is 11.6 Å². The first-order valence-electron chi connectivity index (χ1n) is 4.59. The largest absolute Gasteiger partial charge is 0.328 e. The lowest BCUT2D eigenvalue weighted by atomic mass is 10.1. The molecule has 0 radical (unpaired) electrons. The zero-order valence-electron chi connectivity index (χ0n) is 8.42. The minimum Gasteiger partial charge on any atom is -0.328 e. The van der Waals surface area contributed by atoms with Gasteiger partial charge in [-0.2, -0.15) is 0 Å². The van der Waals surface area contributed by atoms with Crippen molar-refractivity contribution >= 4 is 12.2 Å². The fraction of sp³-hybridized carbons (Fsp3) is 0.0909. The Kier molecular flexibility index (Phi) is 2.78. The van der Waals surface area contributed by atoms with Crippen LogP contribution in [0.4, 0.5) is 8.78 Å². The molecule has 0 saturated carbocycles. The maximum Gasteiger partial charge on any atom is 0.197 e. The van der Waals surface area contributed by atoms with Crippen molar-refractivity contribution in [3.63, 3.8) is 0 Å². The Bertz CT molecular complexity index is 593. The zero-order valence-corrected chi connectivity index (χ0v) is 9.24. The second kappa shape index (κ2) is 4.09. The standard InChI is InChI=1S/C11H8F2N2S/c1-6-2-3-8(12)7(4-6)10-9(13)5-14-11(16)15-10/h2-5H,1H3,(H,14,15,16). The van der Waals surface area contributed by atoms with Crippen molar-refractivity contribution in [1.82, 2.24) is 9.97 Å². The van der Waals surface area contributed by atoms with Crippen LogP contribution in [0.15, 0.2) is 24.4 Å². The molecule has 5 heteroatoms. The molecule has 0 aliphatic heterocycles. The smallest absolute Gasteiger partial charge is 0.197 e. The number of H-pyrrole nitrogens is 1. The van der Waals surface area contributed by atoms with Gasteiger partial charge in [0.25, 0.3) is 0 Å². The predicted octanol–water partition coefficient (Wildman–Crippen LogP) is 3.39. The molecule has 0 fully saturated rings. The molecule has 2 nitrogen and oxygen atoms in total. The summed E-state index contributed by atoms with van der Waals surface area (Å²) in [5, 5.41) is 0. The van der Waals surface area contributed by atoms with Crippen molar-refractivity contribution in [1.29, 1.82) is 0 Å². The van der Waals surface area contributed by atoms with Gasteiger partial charge < -0.3 is 4.98 Å². The van der Waals surface area contributed by atoms with Crippen LogP contribution in [0.3, 0.4) is 0 Å². The van der Waals surface area contributed by atoms with Crippen molar-refractivity contribution in [2.45, 2.75) is 6.92 Å². The number of nitrogens with zero attached hydrogens (tertiary/aromatic N) is 1. The highest BCUT2D eigenvalue weighted by atomic mass is 32.1. The first-order valence-corrected chi connectivity index (χ1v) is 5.00. The molecule has 0 atom stereocenters. The summed E-state index contributed by atoms with van der Waals surface area (Å²) in [5.74, 6) is -1.13. The summed E-state index contributed by atoms with van der Waals surface area (Å²) >= 11 is 4.78. The van der Waals surface area contributed by atoms with Gasteiger partial charge in [0.15, 0.2) is 10.6 Å². The van der Waals surface area contributed by atoms with E-state index in [1.165, 1.54) is 6.07 Å². The number of hydrogen-bond donors (Lipinski definition) is 1. The van der Waals surface area contributed by atoms with Gasteiger partial charge >= 0.3 is 0 Å². The van der Waals surface area contributed by atoms with Crippen LogP contribution in [-0.2, 0) is 0 Å². The van der Waals surface area contributed by atoms with Gasteiger partial charge in [0.2, 0.25) is 0 Å². The molecular weight excluding hydrogens is 230 g/mol. The summed E-state index contributed by atoms with van der Waals surface area (Å²) in [4.78, 5) is 6.13. The van der Waals surface area contributed by atoms with Crippen molar-refractivity contribution in [3.8, 4) is 11.3 Å². The first kappa shape index (κ1) is 10.9. The van der Waals surface area contributed by atoms with E-state index >= 15 is 0 Å². The molecule has 1 aromatic carbocycles. The molecule has 0 spiro atoms. The van der Waals surface area contributed by atoms with E-state index in [4.69, 9.17) is 12.2 Å². The summed E-state index contributed by atoms with van der Waals surface area (Å²) in [5.41, 5.74) is 1.03. The van der Waals surface area contributed by atoms with E-state index in [1.807, 2.05) is 0 Å². The van der Waals surface area contributed by atoms with Gasteiger partial charge in [-0.15, -0.1) is 0 Å². The molecule has 1 heterocycles. The average molecular weight is 238 g/mol. The maximum atomic E-state index is 13.5. The van der Waals surface area contributed by atoms with Gasteiger partial charge in [0, 0.05) is 5.56 Å². The maximum absolute atomic E-state index is 13.5. The second-order valence-corrected chi connectivity index (χ2v) is 3.78. The fourth-order valence-electron chi connectivity index (χ4n) is 1.41. The van der Waals surface area contributed by atoms with E-state index in [1.54, 1.807) is 19.1 Å². The Hall–Kier alpha value is -1.62. The van der Waals surface area contributed by atoms with Crippen LogP contribution in [0.2, 0.25) is 0 Å². The normalized spacial score (nSPS) is 10.4. The lowest BCUT2D eigenvalue weighted by molar-refractivity contribution is 0.605. The number of aromatic nitrogens is 2. The summed E-state index contributed by atoms with van der Waals surface area (Å²) in [6.07, 6.45) is 0.982. The third kappa shape index (κ3) is 1.99. The number of nitrogens with one attached hydrogen (secondary N) is 1. The van der Waals surface area contributed by atoms with Gasteiger partial charge in [-0.05, 0) is 31.3 Å². The van der Waals surface area contributed by atoms with Crippen LogP contribution in [0.25, 0.3) is 11.3 Å². The van der Waals surface area contributed by atoms with E-state index < -0.39 is 11.6 Å². The highest BCUT2D eigenvalue weighted by Gasteiger charge is 2.10. The molecule has 0 unspecified atom stereocenters. The number of benzene rings is 1. The second-order valence-electron chi connectivity index (χ2n) is 3.39. The number of hydrogen-bond acceptors (Lipinski definition) is 2. The lowest BCUT2D eigenvalue weighted by Gasteiger charge is -2.05. The van der Waals surface area contributed by atoms with Gasteiger partial charge in [-0.25, -0.2) is 13.8 Å². The van der Waals surface area contributed by atoms with Crippen molar-refractivity contribution < 1.29 is 8.78 Å². The van der Waals surface area contributed by atoms with Crippen LogP contribution in [-0.4, -0.2) is 9.97 Å². The minimum absolute atomic E-state index is 0.0289. The van der Waals surface area contributed by atoms with E-state index in [2.05, 4.69) is 9.97 Å².